The molecule has 2 aromatic carbocycles. The predicted molar refractivity (Wildman–Crippen MR) is 98.0 cm³/mol. The Morgan fingerprint density at radius 1 is 1.07 bits per heavy atom. The lowest BCUT2D eigenvalue weighted by atomic mass is 10.2. The highest BCUT2D eigenvalue weighted by molar-refractivity contribution is 6.31. The average Bonchev–Trinajstić information content (AvgIpc) is 2.65. The Kier molecular flexibility index (Phi) is 7.01. The number of carbonyl (C=O) groups excluding carboxylic acids is 3. The molecule has 0 heterocycles. The van der Waals surface area contributed by atoms with E-state index in [9.17, 15) is 14.4 Å². The van der Waals surface area contributed by atoms with Gasteiger partial charge in [-0.15, -0.1) is 0 Å². The summed E-state index contributed by atoms with van der Waals surface area (Å²) < 4.78 is 15.3. The molecule has 0 spiro atoms. The number of rotatable bonds is 8. The molecular weight excluding hydrogens is 376 g/mol. The quantitative estimate of drug-likeness (QED) is 0.663. The first-order chi connectivity index (χ1) is 12.9. The van der Waals surface area contributed by atoms with E-state index in [1.165, 1.54) is 25.3 Å². The Morgan fingerprint density at radius 3 is 2.52 bits per heavy atom. The molecule has 0 aliphatic heterocycles. The van der Waals surface area contributed by atoms with Crippen LogP contribution in [0.3, 0.4) is 0 Å². The summed E-state index contributed by atoms with van der Waals surface area (Å²) in [6.45, 7) is -0.933. The van der Waals surface area contributed by atoms with Crippen molar-refractivity contribution in [2.75, 3.05) is 25.6 Å². The van der Waals surface area contributed by atoms with Crippen LogP contribution >= 0.6 is 11.6 Å². The van der Waals surface area contributed by atoms with Crippen LogP contribution in [0.5, 0.6) is 11.5 Å². The number of ether oxygens (including phenoxy) is 3. The number of hydrogen-bond acceptors (Lipinski definition) is 6. The fourth-order valence-electron chi connectivity index (χ4n) is 2.08. The Bertz CT molecular complexity index is 855. The number of primary amides is 1. The zero-order chi connectivity index (χ0) is 19.8. The van der Waals surface area contributed by atoms with Crippen molar-refractivity contribution in [2.45, 2.75) is 0 Å². The minimum absolute atomic E-state index is 0.0619. The van der Waals surface area contributed by atoms with E-state index in [1.54, 1.807) is 24.3 Å². The summed E-state index contributed by atoms with van der Waals surface area (Å²) >= 11 is 5.90. The van der Waals surface area contributed by atoms with Gasteiger partial charge in [0.15, 0.2) is 13.2 Å². The normalized spacial score (nSPS) is 10.0. The number of methoxy groups -OCH3 is 1. The van der Waals surface area contributed by atoms with Gasteiger partial charge in [0.25, 0.3) is 11.8 Å². The van der Waals surface area contributed by atoms with Crippen LogP contribution in [0.25, 0.3) is 0 Å². The van der Waals surface area contributed by atoms with E-state index >= 15 is 0 Å². The van der Waals surface area contributed by atoms with Crippen LogP contribution in [-0.4, -0.2) is 38.1 Å². The molecule has 2 aromatic rings. The molecule has 0 saturated carbocycles. The van der Waals surface area contributed by atoms with E-state index in [2.05, 4.69) is 5.32 Å². The number of para-hydroxylation sites is 1. The predicted octanol–water partition coefficient (Wildman–Crippen LogP) is 2.01. The number of nitrogens with two attached hydrogens (primary N) is 1. The van der Waals surface area contributed by atoms with Crippen molar-refractivity contribution < 1.29 is 28.6 Å². The second-order valence-electron chi connectivity index (χ2n) is 5.22. The lowest BCUT2D eigenvalue weighted by molar-refractivity contribution is -0.120. The first-order valence-corrected chi connectivity index (χ1v) is 8.09. The second kappa shape index (κ2) is 9.44. The van der Waals surface area contributed by atoms with Crippen molar-refractivity contribution in [2.24, 2.45) is 5.73 Å². The summed E-state index contributed by atoms with van der Waals surface area (Å²) in [5, 5.41) is 2.95. The van der Waals surface area contributed by atoms with Crippen molar-refractivity contribution in [1.82, 2.24) is 0 Å². The van der Waals surface area contributed by atoms with Crippen LogP contribution < -0.4 is 20.5 Å². The van der Waals surface area contributed by atoms with Crippen LogP contribution in [0.2, 0.25) is 5.02 Å². The zero-order valence-electron chi connectivity index (χ0n) is 14.4. The topological polar surface area (TPSA) is 117 Å². The van der Waals surface area contributed by atoms with Gasteiger partial charge in [-0.1, -0.05) is 23.7 Å². The molecule has 8 nitrogen and oxygen atoms in total. The largest absolute Gasteiger partial charge is 0.495 e. The van der Waals surface area contributed by atoms with E-state index in [1.807, 2.05) is 0 Å². The molecule has 0 aliphatic rings. The highest BCUT2D eigenvalue weighted by atomic mass is 35.5. The fourth-order valence-corrected chi connectivity index (χ4v) is 2.26. The van der Waals surface area contributed by atoms with Crippen LogP contribution in [-0.2, 0) is 14.3 Å². The third-order valence-corrected chi connectivity index (χ3v) is 3.48. The summed E-state index contributed by atoms with van der Waals surface area (Å²) in [6.07, 6.45) is 0. The maximum Gasteiger partial charge on any atom is 0.342 e. The molecule has 0 bridgehead atoms. The number of benzene rings is 2. The van der Waals surface area contributed by atoms with Gasteiger partial charge in [0.05, 0.1) is 12.8 Å². The first-order valence-electron chi connectivity index (χ1n) is 7.71. The second-order valence-corrected chi connectivity index (χ2v) is 5.66. The zero-order valence-corrected chi connectivity index (χ0v) is 15.1. The lowest BCUT2D eigenvalue weighted by Crippen LogP contribution is -2.23. The Morgan fingerprint density at radius 2 is 1.81 bits per heavy atom. The molecule has 9 heteroatoms. The number of nitrogens with one attached hydrogen (secondary N) is 1. The van der Waals surface area contributed by atoms with E-state index in [0.717, 1.165) is 0 Å². The molecule has 2 amide bonds. The molecule has 3 N–H and O–H groups in total. The summed E-state index contributed by atoms with van der Waals surface area (Å²) in [5.74, 6) is -1.53. The van der Waals surface area contributed by atoms with Gasteiger partial charge < -0.3 is 25.3 Å². The summed E-state index contributed by atoms with van der Waals surface area (Å²) in [6, 6.07) is 10.8. The van der Waals surface area contributed by atoms with Gasteiger partial charge >= 0.3 is 5.97 Å². The van der Waals surface area contributed by atoms with E-state index in [4.69, 9.17) is 31.5 Å². The van der Waals surface area contributed by atoms with Crippen molar-refractivity contribution in [3.05, 3.63) is 53.1 Å². The van der Waals surface area contributed by atoms with Crippen molar-refractivity contribution >= 4 is 35.1 Å². The number of carbonyl (C=O) groups is 3. The average molecular weight is 393 g/mol. The number of halogens is 1. The number of esters is 1. The molecular formula is C18H17ClN2O6. The fraction of sp³-hybridized carbons (Fsp3) is 0.167. The minimum Gasteiger partial charge on any atom is -0.495 e. The van der Waals surface area contributed by atoms with Crippen molar-refractivity contribution in [3.63, 3.8) is 0 Å². The smallest absolute Gasteiger partial charge is 0.342 e. The summed E-state index contributed by atoms with van der Waals surface area (Å²) in [7, 11) is 1.45. The molecule has 0 unspecified atom stereocenters. The molecule has 0 fully saturated rings. The minimum atomic E-state index is -0.789. The Labute approximate surface area is 160 Å². The van der Waals surface area contributed by atoms with E-state index in [0.29, 0.717) is 16.5 Å². The lowest BCUT2D eigenvalue weighted by Gasteiger charge is -2.12. The van der Waals surface area contributed by atoms with Gasteiger partial charge in [-0.25, -0.2) is 4.79 Å². The molecule has 2 rings (SSSR count). The highest BCUT2D eigenvalue weighted by Crippen LogP contribution is 2.27. The number of hydrogen-bond donors (Lipinski definition) is 2. The van der Waals surface area contributed by atoms with Crippen LogP contribution in [0, 0.1) is 0 Å². The molecule has 0 aliphatic carbocycles. The van der Waals surface area contributed by atoms with Gasteiger partial charge in [0.2, 0.25) is 0 Å². The first kappa shape index (κ1) is 20.1. The highest BCUT2D eigenvalue weighted by Gasteiger charge is 2.16. The van der Waals surface area contributed by atoms with Crippen LogP contribution in [0.1, 0.15) is 10.4 Å². The van der Waals surface area contributed by atoms with Crippen molar-refractivity contribution in [1.29, 1.82) is 0 Å². The van der Waals surface area contributed by atoms with Gasteiger partial charge in [-0.05, 0) is 30.3 Å². The van der Waals surface area contributed by atoms with E-state index in [-0.39, 0.29) is 17.9 Å². The van der Waals surface area contributed by atoms with E-state index < -0.39 is 24.4 Å². The SMILES string of the molecule is COc1ccc(Cl)cc1NC(=O)COC(=O)c1ccccc1OCC(N)=O. The summed E-state index contributed by atoms with van der Waals surface area (Å²) in [4.78, 5) is 35.1. The molecule has 0 aromatic heterocycles. The number of amides is 2. The van der Waals surface area contributed by atoms with Gasteiger partial charge in [-0.2, -0.15) is 0 Å². The monoisotopic (exact) mass is 392 g/mol. The third kappa shape index (κ3) is 5.89. The number of anilines is 1. The molecule has 142 valence electrons. The van der Waals surface area contributed by atoms with Gasteiger partial charge in [-0.3, -0.25) is 9.59 Å². The third-order valence-electron chi connectivity index (χ3n) is 3.25. The summed E-state index contributed by atoms with van der Waals surface area (Å²) in [5.41, 5.74) is 5.43. The van der Waals surface area contributed by atoms with Gasteiger partial charge in [0.1, 0.15) is 17.1 Å². The molecule has 0 radical (unpaired) electrons. The van der Waals surface area contributed by atoms with Crippen LogP contribution in [0.15, 0.2) is 42.5 Å². The Balaban J connectivity index is 1.99. The van der Waals surface area contributed by atoms with Gasteiger partial charge in [0, 0.05) is 5.02 Å². The maximum atomic E-state index is 12.2. The molecule has 27 heavy (non-hydrogen) atoms. The molecule has 0 saturated heterocycles. The van der Waals surface area contributed by atoms with Crippen molar-refractivity contribution in [3.8, 4) is 11.5 Å². The Hall–Kier alpha value is -3.26. The van der Waals surface area contributed by atoms with Crippen LogP contribution in [0.4, 0.5) is 5.69 Å². The standard InChI is InChI=1S/C18H17ClN2O6/c1-25-15-7-6-11(19)8-13(15)21-17(23)10-27-18(24)12-4-2-3-5-14(12)26-9-16(20)22/h2-8H,9-10H2,1H3,(H2,20,22)(H,21,23). The molecule has 0 atom stereocenters. The maximum absolute atomic E-state index is 12.2.